The number of hydrogen-bond donors (Lipinski definition) is 1. The minimum Gasteiger partial charge on any atom is -0.493 e. The molecule has 42 heavy (non-hydrogen) atoms. The van der Waals surface area contributed by atoms with Crippen LogP contribution >= 0.6 is 34.5 Å². The smallest absolute Gasteiger partial charge is 0.259 e. The first-order chi connectivity index (χ1) is 20.1. The van der Waals surface area contributed by atoms with Crippen LogP contribution in [0.25, 0.3) is 0 Å². The molecule has 218 valence electrons. The second kappa shape index (κ2) is 12.9. The molecule has 8 heteroatoms. The van der Waals surface area contributed by atoms with E-state index in [2.05, 4.69) is 26.1 Å². The molecule has 5 rings (SSSR count). The monoisotopic (exact) mass is 620 g/mol. The zero-order valence-corrected chi connectivity index (χ0v) is 26.5. The number of carbonyl (C=O) groups is 1. The Morgan fingerprint density at radius 3 is 2.55 bits per heavy atom. The van der Waals surface area contributed by atoms with Crippen LogP contribution in [0.15, 0.2) is 71.7 Å². The molecule has 1 aromatic heterocycles. The van der Waals surface area contributed by atoms with E-state index < -0.39 is 0 Å². The second-order valence-electron chi connectivity index (χ2n) is 11.5. The van der Waals surface area contributed by atoms with Crippen LogP contribution in [-0.2, 0) is 19.4 Å². The molecular weight excluding hydrogens is 587 g/mol. The number of anilines is 1. The molecule has 1 N–H and O–H groups in total. The first kappa shape index (κ1) is 30.1. The maximum absolute atomic E-state index is 13.6. The number of ether oxygens (including phenoxy) is 2. The third-order valence-electron chi connectivity index (χ3n) is 7.63. The molecule has 0 saturated heterocycles. The molecule has 1 aliphatic rings. The number of hydrogen-bond acceptors (Lipinski definition) is 5. The summed E-state index contributed by atoms with van der Waals surface area (Å²) in [6.45, 7) is 7.20. The van der Waals surface area contributed by atoms with E-state index in [0.29, 0.717) is 39.6 Å². The van der Waals surface area contributed by atoms with Crippen molar-refractivity contribution in [2.24, 2.45) is 16.3 Å². The molecular formula is C34H34Cl2N2O3S. The average Bonchev–Trinajstić information content (AvgIpc) is 3.35. The van der Waals surface area contributed by atoms with Crippen LogP contribution in [0.4, 0.5) is 10.7 Å². The van der Waals surface area contributed by atoms with Gasteiger partial charge in [0.15, 0.2) is 11.5 Å². The van der Waals surface area contributed by atoms with Gasteiger partial charge in [-0.25, -0.2) is 4.99 Å². The van der Waals surface area contributed by atoms with Crippen molar-refractivity contribution < 1.29 is 14.3 Å². The number of methoxy groups -OCH3 is 1. The van der Waals surface area contributed by atoms with Crippen LogP contribution in [0.5, 0.6) is 11.5 Å². The fourth-order valence-electron chi connectivity index (χ4n) is 5.16. The molecule has 0 unspecified atom stereocenters. The molecule has 1 amide bonds. The van der Waals surface area contributed by atoms with Crippen LogP contribution in [0, 0.1) is 11.3 Å². The Bertz CT molecular complexity index is 1610. The summed E-state index contributed by atoms with van der Waals surface area (Å²) in [4.78, 5) is 19.7. The number of carbonyl (C=O) groups excluding carboxylic acids is 1. The number of fused-ring (bicyclic) bond motifs is 1. The van der Waals surface area contributed by atoms with Crippen molar-refractivity contribution in [1.82, 2.24) is 0 Å². The summed E-state index contributed by atoms with van der Waals surface area (Å²) >= 11 is 13.8. The summed E-state index contributed by atoms with van der Waals surface area (Å²) in [6.07, 6.45) is 4.68. The summed E-state index contributed by atoms with van der Waals surface area (Å²) in [5.74, 6) is 1.62. The van der Waals surface area contributed by atoms with Crippen LogP contribution in [0.1, 0.15) is 59.1 Å². The summed E-state index contributed by atoms with van der Waals surface area (Å²) in [5.41, 5.74) is 4.51. The number of para-hydroxylation sites is 1. The molecule has 5 nitrogen and oxygen atoms in total. The molecule has 3 aromatic carbocycles. The standard InChI is InChI=1S/C34H34Cl2N2O3S/c1-34(2,3)23-12-13-25-30(18-23)42-33(31(25)32(39)38-24-8-6-5-7-9-24)37-19-21-11-15-28(29(17-21)40-4)41-20-22-10-14-26(35)27(36)16-22/h5-11,14-17,19,23H,12-13,18,20H2,1-4H3,(H,38,39)/t23-/m1/s1. The minimum absolute atomic E-state index is 0.122. The highest BCUT2D eigenvalue weighted by Gasteiger charge is 2.33. The normalized spacial score (nSPS) is 15.0. The van der Waals surface area contributed by atoms with E-state index in [9.17, 15) is 4.79 Å². The van der Waals surface area contributed by atoms with Gasteiger partial charge in [-0.05, 0) is 89.8 Å². The number of nitrogens with zero attached hydrogens (tertiary/aromatic N) is 1. The van der Waals surface area contributed by atoms with Gasteiger partial charge in [-0.15, -0.1) is 11.3 Å². The van der Waals surface area contributed by atoms with Gasteiger partial charge in [-0.2, -0.15) is 0 Å². The van der Waals surface area contributed by atoms with Crippen molar-refractivity contribution >= 4 is 57.3 Å². The molecule has 1 atom stereocenters. The lowest BCUT2D eigenvalue weighted by atomic mass is 9.72. The molecule has 0 fully saturated rings. The Hall–Kier alpha value is -3.32. The van der Waals surface area contributed by atoms with E-state index in [1.165, 1.54) is 4.88 Å². The highest BCUT2D eigenvalue weighted by Crippen LogP contribution is 2.45. The maximum Gasteiger partial charge on any atom is 0.259 e. The second-order valence-corrected chi connectivity index (χ2v) is 13.4. The Balaban J connectivity index is 1.40. The fraction of sp³-hybridized carbons (Fsp3) is 0.294. The number of halogens is 2. The molecule has 0 bridgehead atoms. The van der Waals surface area contributed by atoms with Crippen LogP contribution in [0.3, 0.4) is 0 Å². The first-order valence-electron chi connectivity index (χ1n) is 13.9. The third-order valence-corrected chi connectivity index (χ3v) is 9.53. The van der Waals surface area contributed by atoms with Gasteiger partial charge in [0.2, 0.25) is 0 Å². The number of amides is 1. The molecule has 1 aliphatic carbocycles. The number of rotatable bonds is 8. The Morgan fingerprint density at radius 2 is 1.83 bits per heavy atom. The van der Waals surface area contributed by atoms with Crippen molar-refractivity contribution in [3.8, 4) is 11.5 Å². The highest BCUT2D eigenvalue weighted by molar-refractivity contribution is 7.16. The Morgan fingerprint density at radius 1 is 1.05 bits per heavy atom. The Kier molecular flexibility index (Phi) is 9.26. The summed E-state index contributed by atoms with van der Waals surface area (Å²) < 4.78 is 11.6. The zero-order valence-electron chi connectivity index (χ0n) is 24.2. The molecule has 0 spiro atoms. The predicted molar refractivity (Wildman–Crippen MR) is 175 cm³/mol. The van der Waals surface area contributed by atoms with E-state index in [1.807, 2.05) is 54.6 Å². The van der Waals surface area contributed by atoms with Gasteiger partial charge in [-0.3, -0.25) is 4.79 Å². The SMILES string of the molecule is COc1cc(C=Nc2sc3c(c2C(=O)Nc2ccccc2)CC[C@@H](C(C)(C)C)C3)ccc1OCc1ccc(Cl)c(Cl)c1. The van der Waals surface area contributed by atoms with Crippen molar-refractivity contribution in [3.63, 3.8) is 0 Å². The van der Waals surface area contributed by atoms with E-state index in [4.69, 9.17) is 37.7 Å². The summed E-state index contributed by atoms with van der Waals surface area (Å²) in [7, 11) is 1.60. The van der Waals surface area contributed by atoms with Crippen LogP contribution in [-0.4, -0.2) is 19.2 Å². The lowest BCUT2D eigenvalue weighted by molar-refractivity contribution is 0.102. The predicted octanol–water partition coefficient (Wildman–Crippen LogP) is 9.80. The quantitative estimate of drug-likeness (QED) is 0.199. The average molecular weight is 622 g/mol. The Labute approximate surface area is 261 Å². The molecule has 0 aliphatic heterocycles. The summed E-state index contributed by atoms with van der Waals surface area (Å²) in [6, 6.07) is 20.6. The van der Waals surface area contributed by atoms with Gasteiger partial charge in [0, 0.05) is 16.8 Å². The van der Waals surface area contributed by atoms with E-state index >= 15 is 0 Å². The van der Waals surface area contributed by atoms with E-state index in [-0.39, 0.29) is 11.3 Å². The van der Waals surface area contributed by atoms with Crippen LogP contribution < -0.4 is 14.8 Å². The fourth-order valence-corrected chi connectivity index (χ4v) is 6.75. The van der Waals surface area contributed by atoms with Gasteiger partial charge in [-0.1, -0.05) is 68.2 Å². The largest absolute Gasteiger partial charge is 0.493 e. The number of thiophene rings is 1. The number of aliphatic imine (C=N–C) groups is 1. The molecule has 0 saturated carbocycles. The van der Waals surface area contributed by atoms with Crippen molar-refractivity contribution in [2.45, 2.75) is 46.6 Å². The topological polar surface area (TPSA) is 59.9 Å². The summed E-state index contributed by atoms with van der Waals surface area (Å²) in [5, 5.41) is 4.79. The van der Waals surface area contributed by atoms with Gasteiger partial charge in [0.05, 0.1) is 22.7 Å². The maximum atomic E-state index is 13.6. The zero-order chi connectivity index (χ0) is 29.9. The van der Waals surface area contributed by atoms with Gasteiger partial charge in [0.1, 0.15) is 11.6 Å². The first-order valence-corrected chi connectivity index (χ1v) is 15.5. The van der Waals surface area contributed by atoms with Gasteiger partial charge in [0.25, 0.3) is 5.91 Å². The van der Waals surface area contributed by atoms with Gasteiger partial charge < -0.3 is 14.8 Å². The lowest BCUT2D eigenvalue weighted by Crippen LogP contribution is -2.27. The van der Waals surface area contributed by atoms with Crippen molar-refractivity contribution in [2.75, 3.05) is 12.4 Å². The lowest BCUT2D eigenvalue weighted by Gasteiger charge is -2.33. The minimum atomic E-state index is -0.122. The molecule has 4 aromatic rings. The van der Waals surface area contributed by atoms with Crippen molar-refractivity contribution in [1.29, 1.82) is 0 Å². The van der Waals surface area contributed by atoms with Crippen molar-refractivity contribution in [3.05, 3.63) is 104 Å². The third kappa shape index (κ3) is 7.00. The van der Waals surface area contributed by atoms with Gasteiger partial charge >= 0.3 is 0 Å². The molecule has 0 radical (unpaired) electrons. The molecule has 1 heterocycles. The van der Waals surface area contributed by atoms with E-state index in [0.717, 1.165) is 46.6 Å². The van der Waals surface area contributed by atoms with E-state index in [1.54, 1.807) is 36.8 Å². The van der Waals surface area contributed by atoms with Crippen LogP contribution in [0.2, 0.25) is 10.0 Å². The highest BCUT2D eigenvalue weighted by atomic mass is 35.5. The number of nitrogens with one attached hydrogen (secondary N) is 1. The number of benzene rings is 3.